The van der Waals surface area contributed by atoms with Crippen molar-refractivity contribution < 1.29 is 29.4 Å². The highest BCUT2D eigenvalue weighted by Crippen LogP contribution is 2.36. The minimum atomic E-state index is -4.81. The maximum absolute atomic E-state index is 11.3. The van der Waals surface area contributed by atoms with Crippen molar-refractivity contribution in [3.8, 4) is 0 Å². The maximum atomic E-state index is 11.3. The summed E-state index contributed by atoms with van der Waals surface area (Å²) >= 11 is 3.16. The standard InChI is InChI=1S/C9H8BrN2O6P/c10-4-1-2-12-5(3-4)11-8(19(16,17)18)6(12)7(13)9(14)15/h1-3,7,13H,(H,14,15)(H2,16,17,18). The van der Waals surface area contributed by atoms with Crippen LogP contribution in [0.25, 0.3) is 5.65 Å². The van der Waals surface area contributed by atoms with Gasteiger partial charge < -0.3 is 20.0 Å². The molecule has 0 radical (unpaired) electrons. The van der Waals surface area contributed by atoms with E-state index in [1.54, 1.807) is 0 Å². The van der Waals surface area contributed by atoms with E-state index in [1.165, 1.54) is 18.3 Å². The third kappa shape index (κ3) is 2.56. The summed E-state index contributed by atoms with van der Waals surface area (Å²) < 4.78 is 13.1. The molecule has 2 heterocycles. The number of hydrogen-bond acceptors (Lipinski definition) is 4. The average molecular weight is 351 g/mol. The smallest absolute Gasteiger partial charge is 0.376 e. The van der Waals surface area contributed by atoms with Crippen molar-refractivity contribution in [1.82, 2.24) is 9.38 Å². The van der Waals surface area contributed by atoms with Gasteiger partial charge in [0.05, 0.1) is 5.69 Å². The molecule has 4 N–H and O–H groups in total. The summed E-state index contributed by atoms with van der Waals surface area (Å²) in [6, 6.07) is 2.97. The molecule has 0 spiro atoms. The Kier molecular flexibility index (Phi) is 3.50. The van der Waals surface area contributed by atoms with E-state index in [2.05, 4.69) is 20.9 Å². The number of nitrogens with zero attached hydrogens (tertiary/aromatic N) is 2. The van der Waals surface area contributed by atoms with Crippen molar-refractivity contribution in [3.63, 3.8) is 0 Å². The number of aliphatic hydroxyl groups is 1. The topological polar surface area (TPSA) is 132 Å². The van der Waals surface area contributed by atoms with Crippen LogP contribution in [0.2, 0.25) is 0 Å². The summed E-state index contributed by atoms with van der Waals surface area (Å²) in [5.41, 5.74) is -1.09. The van der Waals surface area contributed by atoms with Crippen molar-refractivity contribution in [2.75, 3.05) is 0 Å². The number of aromatic nitrogens is 2. The number of carbonyl (C=O) groups is 1. The zero-order chi connectivity index (χ0) is 14.4. The van der Waals surface area contributed by atoms with Crippen LogP contribution in [-0.2, 0) is 9.36 Å². The lowest BCUT2D eigenvalue weighted by Crippen LogP contribution is -2.21. The van der Waals surface area contributed by atoms with E-state index in [-0.39, 0.29) is 5.65 Å². The van der Waals surface area contributed by atoms with E-state index < -0.39 is 30.8 Å². The third-order valence-electron chi connectivity index (χ3n) is 2.37. The molecular formula is C9H8BrN2O6P. The fourth-order valence-corrected chi connectivity index (χ4v) is 2.70. The third-order valence-corrected chi connectivity index (χ3v) is 3.75. The second-order valence-corrected chi connectivity index (χ2v) is 6.11. The Labute approximate surface area is 114 Å². The number of fused-ring (bicyclic) bond motifs is 1. The van der Waals surface area contributed by atoms with Crippen LogP contribution in [0.3, 0.4) is 0 Å². The van der Waals surface area contributed by atoms with Crippen LogP contribution < -0.4 is 5.44 Å². The molecule has 102 valence electrons. The number of pyridine rings is 1. The molecule has 19 heavy (non-hydrogen) atoms. The first-order chi connectivity index (χ1) is 8.71. The van der Waals surface area contributed by atoms with Crippen molar-refractivity contribution in [3.05, 3.63) is 28.5 Å². The number of imidazole rings is 1. The SMILES string of the molecule is O=C(O)C(O)c1c(P(=O)(O)O)nc2cc(Br)ccn12. The molecule has 0 aliphatic rings. The molecule has 1 unspecified atom stereocenters. The molecule has 0 aromatic carbocycles. The molecule has 0 bridgehead atoms. The Hall–Kier alpha value is -1.25. The first kappa shape index (κ1) is 14.2. The van der Waals surface area contributed by atoms with Crippen LogP contribution in [0.5, 0.6) is 0 Å². The number of aliphatic carboxylic acids is 1. The fourth-order valence-electron chi connectivity index (χ4n) is 1.61. The molecule has 2 aromatic rings. The predicted octanol–water partition coefficient (Wildman–Crippen LogP) is 0.0178. The summed E-state index contributed by atoms with van der Waals surface area (Å²) in [7, 11) is -4.81. The first-order valence-corrected chi connectivity index (χ1v) is 7.27. The summed E-state index contributed by atoms with van der Waals surface area (Å²) in [4.78, 5) is 32.9. The minimum Gasteiger partial charge on any atom is -0.479 e. The quantitative estimate of drug-likeness (QED) is 0.573. The number of carboxylic acid groups (broad SMARTS) is 1. The Balaban J connectivity index is 2.83. The van der Waals surface area contributed by atoms with E-state index in [0.29, 0.717) is 4.47 Å². The van der Waals surface area contributed by atoms with Gasteiger partial charge in [0.15, 0.2) is 11.5 Å². The Morgan fingerprint density at radius 2 is 2.11 bits per heavy atom. The van der Waals surface area contributed by atoms with E-state index in [4.69, 9.17) is 5.11 Å². The van der Waals surface area contributed by atoms with Crippen LogP contribution >= 0.6 is 23.5 Å². The van der Waals surface area contributed by atoms with E-state index >= 15 is 0 Å². The molecule has 2 rings (SSSR count). The number of hydrogen-bond donors (Lipinski definition) is 4. The lowest BCUT2D eigenvalue weighted by Gasteiger charge is -2.09. The van der Waals surface area contributed by atoms with Gasteiger partial charge in [-0.25, -0.2) is 9.78 Å². The summed E-state index contributed by atoms with van der Waals surface area (Å²) in [5, 5.41) is 18.4. The number of halogens is 1. The van der Waals surface area contributed by atoms with Crippen molar-refractivity contribution in [2.45, 2.75) is 6.10 Å². The van der Waals surface area contributed by atoms with E-state index in [1.807, 2.05) is 0 Å². The largest absolute Gasteiger partial charge is 0.479 e. The van der Waals surface area contributed by atoms with Gasteiger partial charge in [-0.05, 0) is 12.1 Å². The molecule has 0 aliphatic carbocycles. The second-order valence-electron chi connectivity index (χ2n) is 3.68. The molecule has 0 fully saturated rings. The van der Waals surface area contributed by atoms with Crippen LogP contribution in [-0.4, -0.2) is 35.4 Å². The molecule has 0 aliphatic heterocycles. The van der Waals surface area contributed by atoms with Gasteiger partial charge in [0.1, 0.15) is 5.65 Å². The van der Waals surface area contributed by atoms with Crippen LogP contribution in [0.1, 0.15) is 11.8 Å². The number of aliphatic hydroxyl groups excluding tert-OH is 1. The highest BCUT2D eigenvalue weighted by atomic mass is 79.9. The summed E-state index contributed by atoms with van der Waals surface area (Å²) in [5.74, 6) is -1.63. The van der Waals surface area contributed by atoms with E-state index in [0.717, 1.165) is 4.40 Å². The Morgan fingerprint density at radius 3 is 2.63 bits per heavy atom. The van der Waals surface area contributed by atoms with Gasteiger partial charge in [0.2, 0.25) is 0 Å². The summed E-state index contributed by atoms with van der Waals surface area (Å²) in [6.45, 7) is 0. The molecular weight excluding hydrogens is 343 g/mol. The maximum Gasteiger partial charge on any atom is 0.376 e. The van der Waals surface area contributed by atoms with Crippen molar-refractivity contribution in [1.29, 1.82) is 0 Å². The lowest BCUT2D eigenvalue weighted by atomic mass is 10.3. The normalized spacial score (nSPS) is 13.7. The second kappa shape index (κ2) is 4.69. The zero-order valence-electron chi connectivity index (χ0n) is 9.13. The van der Waals surface area contributed by atoms with Crippen LogP contribution in [0, 0.1) is 0 Å². The van der Waals surface area contributed by atoms with Crippen LogP contribution in [0.4, 0.5) is 0 Å². The van der Waals surface area contributed by atoms with E-state index in [9.17, 15) is 24.3 Å². The molecule has 1 atom stereocenters. The van der Waals surface area contributed by atoms with Crippen molar-refractivity contribution in [2.24, 2.45) is 0 Å². The summed E-state index contributed by atoms with van der Waals surface area (Å²) in [6.07, 6.45) is -0.730. The van der Waals surface area contributed by atoms with Gasteiger partial charge in [-0.3, -0.25) is 8.97 Å². The van der Waals surface area contributed by atoms with Gasteiger partial charge in [0, 0.05) is 10.7 Å². The Morgan fingerprint density at radius 1 is 1.47 bits per heavy atom. The van der Waals surface area contributed by atoms with Gasteiger partial charge >= 0.3 is 13.6 Å². The molecule has 0 amide bonds. The molecule has 0 saturated carbocycles. The molecule has 0 saturated heterocycles. The molecule has 2 aromatic heterocycles. The van der Waals surface area contributed by atoms with Gasteiger partial charge in [-0.15, -0.1) is 0 Å². The Bertz CT molecular complexity index is 708. The lowest BCUT2D eigenvalue weighted by molar-refractivity contribution is -0.147. The zero-order valence-corrected chi connectivity index (χ0v) is 11.6. The first-order valence-electron chi connectivity index (χ1n) is 4.86. The van der Waals surface area contributed by atoms with Crippen molar-refractivity contribution >= 4 is 40.6 Å². The number of rotatable bonds is 3. The van der Waals surface area contributed by atoms with Crippen LogP contribution in [0.15, 0.2) is 22.8 Å². The predicted molar refractivity (Wildman–Crippen MR) is 67.2 cm³/mol. The van der Waals surface area contributed by atoms with Gasteiger partial charge in [-0.1, -0.05) is 15.9 Å². The fraction of sp³-hybridized carbons (Fsp3) is 0.111. The molecule has 10 heteroatoms. The number of carboxylic acids is 1. The van der Waals surface area contributed by atoms with Gasteiger partial charge in [-0.2, -0.15) is 0 Å². The monoisotopic (exact) mass is 350 g/mol. The highest BCUT2D eigenvalue weighted by molar-refractivity contribution is 9.10. The average Bonchev–Trinajstić information content (AvgIpc) is 2.65. The molecule has 8 nitrogen and oxygen atoms in total. The highest BCUT2D eigenvalue weighted by Gasteiger charge is 2.34. The minimum absolute atomic E-state index is 0.114. The van der Waals surface area contributed by atoms with Gasteiger partial charge in [0.25, 0.3) is 0 Å².